The number of thiocarbonyl (C=S) groups is 1. The minimum atomic E-state index is -0.751. The molecule has 9 heteroatoms. The van der Waals surface area contributed by atoms with Crippen molar-refractivity contribution < 1.29 is 18.9 Å². The van der Waals surface area contributed by atoms with E-state index in [4.69, 9.17) is 12.2 Å². The zero-order valence-electron chi connectivity index (χ0n) is 12.9. The first-order chi connectivity index (χ1) is 12.4. The molecule has 0 saturated carbocycles. The van der Waals surface area contributed by atoms with Crippen molar-refractivity contribution in [3.63, 3.8) is 0 Å². The van der Waals surface area contributed by atoms with Crippen molar-refractivity contribution in [1.82, 2.24) is 4.90 Å². The summed E-state index contributed by atoms with van der Waals surface area (Å²) in [6.45, 7) is 0. The third-order valence-electron chi connectivity index (χ3n) is 3.45. The van der Waals surface area contributed by atoms with Gasteiger partial charge in [-0.1, -0.05) is 42.2 Å². The minimum Gasteiger partial charge on any atom is -0.268 e. The number of halogens is 1. The Morgan fingerprint density at radius 1 is 1.23 bits per heavy atom. The Hall–Kier alpha value is -2.91. The maximum Gasteiger partial charge on any atom is 0.273 e. The lowest BCUT2D eigenvalue weighted by molar-refractivity contribution is -0.384. The van der Waals surface area contributed by atoms with Crippen molar-refractivity contribution in [2.24, 2.45) is 0 Å². The number of rotatable bonds is 3. The molecule has 0 atom stereocenters. The maximum absolute atomic E-state index is 13.3. The molecular weight excluding hydrogens is 379 g/mol. The summed E-state index contributed by atoms with van der Waals surface area (Å²) in [5.41, 5.74) is 0.160. The van der Waals surface area contributed by atoms with Gasteiger partial charge in [-0.3, -0.25) is 19.7 Å². The number of carbonyl (C=O) groups is 2. The Morgan fingerprint density at radius 2 is 1.96 bits per heavy atom. The SMILES string of the molecule is O=C1/C(=C\c2cccc(F)c2)SC(=S)N1C(=O)c1cccc([N+](=O)[O-])c1. The summed E-state index contributed by atoms with van der Waals surface area (Å²) < 4.78 is 13.3. The van der Waals surface area contributed by atoms with Crippen LogP contribution in [0.2, 0.25) is 0 Å². The summed E-state index contributed by atoms with van der Waals surface area (Å²) in [6, 6.07) is 10.7. The normalized spacial score (nSPS) is 15.6. The number of benzene rings is 2. The first-order valence-corrected chi connectivity index (χ1v) is 8.41. The molecule has 1 aliphatic rings. The molecule has 0 unspecified atom stereocenters. The fourth-order valence-corrected chi connectivity index (χ4v) is 3.53. The van der Waals surface area contributed by atoms with E-state index in [2.05, 4.69) is 0 Å². The van der Waals surface area contributed by atoms with Crippen LogP contribution in [0.4, 0.5) is 10.1 Å². The summed E-state index contributed by atoms with van der Waals surface area (Å²) in [6.07, 6.45) is 1.43. The molecule has 0 spiro atoms. The van der Waals surface area contributed by atoms with E-state index in [0.717, 1.165) is 22.7 Å². The summed E-state index contributed by atoms with van der Waals surface area (Å²) in [5.74, 6) is -1.86. The predicted octanol–water partition coefficient (Wildman–Crippen LogP) is 3.78. The fraction of sp³-hybridized carbons (Fsp3) is 0. The van der Waals surface area contributed by atoms with Crippen LogP contribution in [0, 0.1) is 15.9 Å². The molecule has 1 aliphatic heterocycles. The minimum absolute atomic E-state index is 0.00848. The van der Waals surface area contributed by atoms with E-state index in [-0.39, 0.29) is 20.5 Å². The Labute approximate surface area is 156 Å². The Balaban J connectivity index is 1.91. The average Bonchev–Trinajstić information content (AvgIpc) is 2.88. The molecule has 0 radical (unpaired) electrons. The Bertz CT molecular complexity index is 990. The van der Waals surface area contributed by atoms with E-state index < -0.39 is 22.6 Å². The van der Waals surface area contributed by atoms with Gasteiger partial charge in [0.2, 0.25) is 0 Å². The topological polar surface area (TPSA) is 80.5 Å². The van der Waals surface area contributed by atoms with E-state index in [9.17, 15) is 24.1 Å². The molecular formula is C17H9FN2O4S2. The highest BCUT2D eigenvalue weighted by atomic mass is 32.2. The molecule has 1 heterocycles. The molecule has 0 N–H and O–H groups in total. The molecule has 0 aliphatic carbocycles. The van der Waals surface area contributed by atoms with Gasteiger partial charge in [-0.05, 0) is 29.8 Å². The van der Waals surface area contributed by atoms with Gasteiger partial charge < -0.3 is 0 Å². The van der Waals surface area contributed by atoms with Crippen LogP contribution in [0.25, 0.3) is 6.08 Å². The Morgan fingerprint density at radius 3 is 2.65 bits per heavy atom. The van der Waals surface area contributed by atoms with Gasteiger partial charge in [-0.25, -0.2) is 9.29 Å². The summed E-state index contributed by atoms with van der Waals surface area (Å²) >= 11 is 6.00. The van der Waals surface area contributed by atoms with E-state index in [1.165, 1.54) is 42.5 Å². The van der Waals surface area contributed by atoms with Gasteiger partial charge >= 0.3 is 0 Å². The van der Waals surface area contributed by atoms with Crippen LogP contribution in [-0.4, -0.2) is 26.0 Å². The number of imide groups is 1. The predicted molar refractivity (Wildman–Crippen MR) is 98.8 cm³/mol. The second kappa shape index (κ2) is 7.14. The summed E-state index contributed by atoms with van der Waals surface area (Å²) in [7, 11) is 0. The molecule has 0 aromatic heterocycles. The second-order valence-corrected chi connectivity index (χ2v) is 6.86. The van der Waals surface area contributed by atoms with Gasteiger partial charge in [0.15, 0.2) is 4.32 Å². The van der Waals surface area contributed by atoms with Crippen LogP contribution < -0.4 is 0 Å². The zero-order chi connectivity index (χ0) is 18.8. The third-order valence-corrected chi connectivity index (χ3v) is 4.75. The van der Waals surface area contributed by atoms with E-state index in [0.29, 0.717) is 5.56 Å². The molecule has 0 bridgehead atoms. The molecule has 3 rings (SSSR count). The van der Waals surface area contributed by atoms with Crippen LogP contribution >= 0.6 is 24.0 Å². The van der Waals surface area contributed by atoms with E-state index >= 15 is 0 Å². The molecule has 2 aromatic rings. The van der Waals surface area contributed by atoms with Gasteiger partial charge in [0.1, 0.15) is 5.82 Å². The number of nitro groups is 1. The number of nitrogens with zero attached hydrogens (tertiary/aromatic N) is 2. The van der Waals surface area contributed by atoms with Crippen LogP contribution in [0.3, 0.4) is 0 Å². The highest BCUT2D eigenvalue weighted by Crippen LogP contribution is 2.34. The Kier molecular flexibility index (Phi) is 4.92. The summed E-state index contributed by atoms with van der Waals surface area (Å²) in [5, 5.41) is 10.9. The zero-order valence-corrected chi connectivity index (χ0v) is 14.6. The molecule has 6 nitrogen and oxygen atoms in total. The number of nitro benzene ring substituents is 1. The molecule has 2 amide bonds. The quantitative estimate of drug-likeness (QED) is 0.262. The molecule has 2 aromatic carbocycles. The standard InChI is InChI=1S/C17H9FN2O4S2/c18-12-5-1-3-10(7-12)8-14-16(22)19(17(25)26-14)15(21)11-4-2-6-13(9-11)20(23)24/h1-9H/b14-8+. The molecule has 26 heavy (non-hydrogen) atoms. The number of amides is 2. The lowest BCUT2D eigenvalue weighted by atomic mass is 10.1. The van der Waals surface area contributed by atoms with Crippen LogP contribution in [0.15, 0.2) is 53.4 Å². The van der Waals surface area contributed by atoms with Crippen molar-refractivity contribution >= 4 is 51.9 Å². The van der Waals surface area contributed by atoms with Crippen LogP contribution in [-0.2, 0) is 4.79 Å². The monoisotopic (exact) mass is 388 g/mol. The first kappa shape index (κ1) is 17.9. The van der Waals surface area contributed by atoms with Crippen molar-refractivity contribution in [2.75, 3.05) is 0 Å². The highest BCUT2D eigenvalue weighted by molar-refractivity contribution is 8.26. The fourth-order valence-electron chi connectivity index (χ4n) is 2.27. The number of hydrogen-bond acceptors (Lipinski definition) is 6. The van der Waals surface area contributed by atoms with Gasteiger partial charge in [-0.2, -0.15) is 0 Å². The van der Waals surface area contributed by atoms with E-state index in [1.807, 2.05) is 0 Å². The van der Waals surface area contributed by atoms with Crippen molar-refractivity contribution in [3.05, 3.63) is 80.5 Å². The van der Waals surface area contributed by atoms with Crippen molar-refractivity contribution in [2.45, 2.75) is 0 Å². The van der Waals surface area contributed by atoms with E-state index in [1.54, 1.807) is 6.07 Å². The lowest BCUT2D eigenvalue weighted by Gasteiger charge is -2.12. The number of non-ortho nitro benzene ring substituents is 1. The molecule has 1 fully saturated rings. The lowest BCUT2D eigenvalue weighted by Crippen LogP contribution is -2.34. The first-order valence-electron chi connectivity index (χ1n) is 7.19. The number of hydrogen-bond donors (Lipinski definition) is 0. The van der Waals surface area contributed by atoms with Crippen LogP contribution in [0.5, 0.6) is 0 Å². The summed E-state index contributed by atoms with van der Waals surface area (Å²) in [4.78, 5) is 36.3. The largest absolute Gasteiger partial charge is 0.273 e. The number of thioether (sulfide) groups is 1. The van der Waals surface area contributed by atoms with Crippen LogP contribution in [0.1, 0.15) is 15.9 Å². The smallest absolute Gasteiger partial charge is 0.268 e. The molecule has 1 saturated heterocycles. The third kappa shape index (κ3) is 3.53. The average molecular weight is 388 g/mol. The van der Waals surface area contributed by atoms with Crippen molar-refractivity contribution in [3.8, 4) is 0 Å². The van der Waals surface area contributed by atoms with Crippen molar-refractivity contribution in [1.29, 1.82) is 0 Å². The van der Waals surface area contributed by atoms with Gasteiger partial charge in [0.25, 0.3) is 17.5 Å². The maximum atomic E-state index is 13.3. The number of carbonyl (C=O) groups excluding carboxylic acids is 2. The van der Waals surface area contributed by atoms with Gasteiger partial charge in [0, 0.05) is 17.7 Å². The van der Waals surface area contributed by atoms with Gasteiger partial charge in [-0.15, -0.1) is 0 Å². The molecule has 130 valence electrons. The van der Waals surface area contributed by atoms with Gasteiger partial charge in [0.05, 0.1) is 9.83 Å². The second-order valence-electron chi connectivity index (χ2n) is 5.18. The highest BCUT2D eigenvalue weighted by Gasteiger charge is 2.37.